The predicted octanol–water partition coefficient (Wildman–Crippen LogP) is 9.47. The number of rotatable bonds is 35. The topological polar surface area (TPSA) is 135 Å². The average molecular weight is 787 g/mol. The Labute approximate surface area is 339 Å². The van der Waals surface area contributed by atoms with Gasteiger partial charge in [-0.1, -0.05) is 137 Å². The second-order valence-electron chi connectivity index (χ2n) is 14.4. The van der Waals surface area contributed by atoms with Gasteiger partial charge < -0.3 is 39.4 Å². The van der Waals surface area contributed by atoms with E-state index in [0.29, 0.717) is 13.0 Å². The van der Waals surface area contributed by atoms with Gasteiger partial charge >= 0.3 is 5.97 Å². The number of aliphatic hydroxyl groups is 4. The highest BCUT2D eigenvalue weighted by atomic mass is 16.7. The van der Waals surface area contributed by atoms with Crippen molar-refractivity contribution in [2.24, 2.45) is 0 Å². The monoisotopic (exact) mass is 787 g/mol. The minimum atomic E-state index is -1.55. The molecule has 4 N–H and O–H groups in total. The summed E-state index contributed by atoms with van der Waals surface area (Å²) in [6.07, 6.45) is 43.2. The first kappa shape index (κ1) is 51.4. The number of aliphatic hydroxyl groups excluding tert-OH is 4. The van der Waals surface area contributed by atoms with Crippen LogP contribution in [0.15, 0.2) is 85.1 Å². The largest absolute Gasteiger partial charge is 0.457 e. The van der Waals surface area contributed by atoms with Gasteiger partial charge in [0.2, 0.25) is 0 Å². The van der Waals surface area contributed by atoms with Crippen LogP contribution < -0.4 is 0 Å². The predicted molar refractivity (Wildman–Crippen MR) is 228 cm³/mol. The molecule has 9 nitrogen and oxygen atoms in total. The van der Waals surface area contributed by atoms with Crippen molar-refractivity contribution in [3.8, 4) is 0 Å². The Morgan fingerprint density at radius 3 is 1.64 bits per heavy atom. The van der Waals surface area contributed by atoms with E-state index in [0.717, 1.165) is 89.9 Å². The maximum Gasteiger partial charge on any atom is 0.306 e. The molecule has 6 unspecified atom stereocenters. The van der Waals surface area contributed by atoms with E-state index in [1.165, 1.54) is 25.7 Å². The van der Waals surface area contributed by atoms with Crippen molar-refractivity contribution in [2.75, 3.05) is 26.4 Å². The summed E-state index contributed by atoms with van der Waals surface area (Å²) in [5, 5.41) is 40.1. The molecule has 0 amide bonds. The number of carbonyl (C=O) groups is 1. The van der Waals surface area contributed by atoms with Gasteiger partial charge in [-0.05, 0) is 83.5 Å². The number of hydrogen-bond acceptors (Lipinski definition) is 9. The fraction of sp³-hybridized carbons (Fsp3) is 0.681. The lowest BCUT2D eigenvalue weighted by Crippen LogP contribution is -2.59. The maximum atomic E-state index is 12.8. The molecule has 56 heavy (non-hydrogen) atoms. The van der Waals surface area contributed by atoms with Gasteiger partial charge in [-0.3, -0.25) is 4.79 Å². The summed E-state index contributed by atoms with van der Waals surface area (Å²) in [6, 6.07) is 0. The zero-order chi connectivity index (χ0) is 40.7. The summed E-state index contributed by atoms with van der Waals surface area (Å²) < 4.78 is 22.7. The van der Waals surface area contributed by atoms with Crippen molar-refractivity contribution in [2.45, 2.75) is 179 Å². The van der Waals surface area contributed by atoms with Gasteiger partial charge in [0, 0.05) is 13.0 Å². The molecule has 1 fully saturated rings. The molecular weight excluding hydrogens is 709 g/mol. The van der Waals surface area contributed by atoms with Crippen molar-refractivity contribution in [1.82, 2.24) is 0 Å². The molecule has 0 radical (unpaired) electrons. The third-order valence-corrected chi connectivity index (χ3v) is 9.28. The fourth-order valence-corrected chi connectivity index (χ4v) is 5.91. The van der Waals surface area contributed by atoms with Crippen molar-refractivity contribution < 1.29 is 44.2 Å². The van der Waals surface area contributed by atoms with Crippen LogP contribution in [0.25, 0.3) is 0 Å². The molecule has 0 spiro atoms. The first-order chi connectivity index (χ1) is 27.4. The zero-order valence-corrected chi connectivity index (χ0v) is 34.8. The Morgan fingerprint density at radius 2 is 1.09 bits per heavy atom. The number of esters is 1. The van der Waals surface area contributed by atoms with E-state index >= 15 is 0 Å². The van der Waals surface area contributed by atoms with Crippen LogP contribution in [0.5, 0.6) is 0 Å². The molecule has 9 heteroatoms. The Kier molecular flexibility index (Phi) is 34.8. The van der Waals surface area contributed by atoms with Gasteiger partial charge in [0.15, 0.2) is 6.29 Å². The minimum Gasteiger partial charge on any atom is -0.457 e. The third kappa shape index (κ3) is 28.7. The molecule has 1 saturated heterocycles. The first-order valence-electron chi connectivity index (χ1n) is 21.7. The molecule has 320 valence electrons. The van der Waals surface area contributed by atoms with Crippen LogP contribution in [-0.4, -0.2) is 89.6 Å². The number of allylic oxidation sites excluding steroid dienone is 14. The molecule has 1 aliphatic rings. The maximum absolute atomic E-state index is 12.8. The van der Waals surface area contributed by atoms with Crippen molar-refractivity contribution in [3.63, 3.8) is 0 Å². The van der Waals surface area contributed by atoms with E-state index in [9.17, 15) is 25.2 Å². The molecule has 1 aliphatic heterocycles. The highest BCUT2D eigenvalue weighted by molar-refractivity contribution is 5.69. The molecule has 0 aromatic rings. The fourth-order valence-electron chi connectivity index (χ4n) is 5.91. The van der Waals surface area contributed by atoms with Gasteiger partial charge in [-0.25, -0.2) is 0 Å². The highest BCUT2D eigenvalue weighted by Crippen LogP contribution is 2.22. The summed E-state index contributed by atoms with van der Waals surface area (Å²) in [5.41, 5.74) is 0. The Bertz CT molecular complexity index is 1120. The Balaban J connectivity index is 2.33. The van der Waals surface area contributed by atoms with E-state index < -0.39 is 43.4 Å². The average Bonchev–Trinajstić information content (AvgIpc) is 3.20. The lowest BCUT2D eigenvalue weighted by Gasteiger charge is -2.39. The summed E-state index contributed by atoms with van der Waals surface area (Å²) in [4.78, 5) is 12.8. The van der Waals surface area contributed by atoms with Crippen LogP contribution in [0.3, 0.4) is 0 Å². The summed E-state index contributed by atoms with van der Waals surface area (Å²) >= 11 is 0. The van der Waals surface area contributed by atoms with Crippen LogP contribution in [0.4, 0.5) is 0 Å². The lowest BCUT2D eigenvalue weighted by atomic mass is 9.99. The molecule has 0 saturated carbocycles. The Morgan fingerprint density at radius 1 is 0.589 bits per heavy atom. The van der Waals surface area contributed by atoms with Crippen LogP contribution in [0, 0.1) is 0 Å². The van der Waals surface area contributed by atoms with E-state index in [-0.39, 0.29) is 25.6 Å². The molecule has 1 rings (SSSR count). The number of hydrogen-bond donors (Lipinski definition) is 4. The second kappa shape index (κ2) is 37.9. The van der Waals surface area contributed by atoms with Gasteiger partial charge in [-0.2, -0.15) is 0 Å². The molecule has 0 bridgehead atoms. The van der Waals surface area contributed by atoms with E-state index in [2.05, 4.69) is 98.9 Å². The Hall–Kier alpha value is -2.63. The van der Waals surface area contributed by atoms with Gasteiger partial charge in [0.05, 0.1) is 19.8 Å². The van der Waals surface area contributed by atoms with Crippen molar-refractivity contribution in [3.05, 3.63) is 85.1 Å². The smallest absolute Gasteiger partial charge is 0.306 e. The molecule has 0 aromatic heterocycles. The van der Waals surface area contributed by atoms with Crippen molar-refractivity contribution >= 4 is 5.97 Å². The molecule has 0 aromatic carbocycles. The number of carbonyl (C=O) groups excluding carboxylic acids is 1. The van der Waals surface area contributed by atoms with Crippen molar-refractivity contribution in [1.29, 1.82) is 0 Å². The van der Waals surface area contributed by atoms with Crippen LogP contribution in [-0.2, 0) is 23.7 Å². The minimum absolute atomic E-state index is 0.118. The number of ether oxygens (including phenoxy) is 4. The first-order valence-corrected chi connectivity index (χ1v) is 21.7. The second-order valence-corrected chi connectivity index (χ2v) is 14.4. The SMILES string of the molecule is CC/C=C\C/C=C\C/C=C\C/C=C\C/C=C\CCCCCC(=O)OC(COCCCCCCCC/C=C\C/C=C\CCC)COC1OC(CO)C(O)C(O)C1O. The quantitative estimate of drug-likeness (QED) is 0.0282. The summed E-state index contributed by atoms with van der Waals surface area (Å²) in [7, 11) is 0. The van der Waals surface area contributed by atoms with Gasteiger partial charge in [-0.15, -0.1) is 0 Å². The standard InChI is InChI=1S/C47H78O9/c1-3-5-7-9-11-13-15-17-19-20-21-22-23-24-26-28-30-32-34-36-43(49)55-41(40-54-47-46(52)45(51)44(50)42(38-48)56-47)39-53-37-35-33-31-29-27-25-18-16-14-12-10-8-6-4-2/h5,7-8,10-11,13-14,16-17,19,21-22,24,26,41-42,44-48,50-52H,3-4,6,9,12,15,18,20,23,25,27-40H2,1-2H3/b7-5-,10-8-,13-11-,16-14-,19-17-,22-21-,26-24-. The van der Waals surface area contributed by atoms with Gasteiger partial charge in [0.25, 0.3) is 0 Å². The normalized spacial score (nSPS) is 21.4. The number of unbranched alkanes of at least 4 members (excludes halogenated alkanes) is 10. The zero-order valence-electron chi connectivity index (χ0n) is 34.8. The van der Waals surface area contributed by atoms with E-state index in [4.69, 9.17) is 18.9 Å². The lowest BCUT2D eigenvalue weighted by molar-refractivity contribution is -0.305. The van der Waals surface area contributed by atoms with E-state index in [1.54, 1.807) is 0 Å². The van der Waals surface area contributed by atoms with Crippen LogP contribution in [0.2, 0.25) is 0 Å². The van der Waals surface area contributed by atoms with Crippen LogP contribution >= 0.6 is 0 Å². The van der Waals surface area contributed by atoms with Gasteiger partial charge in [0.1, 0.15) is 30.5 Å². The molecule has 6 atom stereocenters. The molecular formula is C47H78O9. The van der Waals surface area contributed by atoms with Crippen LogP contribution in [0.1, 0.15) is 142 Å². The summed E-state index contributed by atoms with van der Waals surface area (Å²) in [5.74, 6) is -0.353. The molecule has 0 aliphatic carbocycles. The third-order valence-electron chi connectivity index (χ3n) is 9.28. The van der Waals surface area contributed by atoms with E-state index in [1.807, 2.05) is 0 Å². The molecule has 1 heterocycles. The summed E-state index contributed by atoms with van der Waals surface area (Å²) in [6.45, 7) is 4.29. The highest BCUT2D eigenvalue weighted by Gasteiger charge is 2.44.